The van der Waals surface area contributed by atoms with Crippen molar-refractivity contribution in [2.24, 2.45) is 0 Å². The predicted molar refractivity (Wildman–Crippen MR) is 108 cm³/mol. The van der Waals surface area contributed by atoms with E-state index < -0.39 is 27.1 Å². The smallest absolute Gasteiger partial charge is 0.334 e. The first kappa shape index (κ1) is 20.4. The molecule has 2 aromatic carbocycles. The monoisotopic (exact) mass is 429 g/mol. The summed E-state index contributed by atoms with van der Waals surface area (Å²) < 4.78 is 0. The molecule has 0 aliphatic heterocycles. The lowest BCUT2D eigenvalue weighted by atomic mass is 10.2. The van der Waals surface area contributed by atoms with Gasteiger partial charge in [0.2, 0.25) is 11.6 Å². The Morgan fingerprint density at radius 2 is 1.60 bits per heavy atom. The van der Waals surface area contributed by atoms with Crippen LogP contribution in [0.15, 0.2) is 54.9 Å². The molecule has 30 heavy (non-hydrogen) atoms. The molecule has 0 atom stereocenters. The Bertz CT molecular complexity index is 1120. The number of amides is 1. The second-order valence-electron chi connectivity index (χ2n) is 5.66. The van der Waals surface area contributed by atoms with Crippen LogP contribution >= 0.6 is 11.6 Å². The second kappa shape index (κ2) is 8.79. The summed E-state index contributed by atoms with van der Waals surface area (Å²) in [5.74, 6) is -1.33. The number of hydrazine groups is 1. The van der Waals surface area contributed by atoms with Crippen molar-refractivity contribution in [1.29, 1.82) is 0 Å². The number of para-hydroxylation sites is 1. The van der Waals surface area contributed by atoms with E-state index >= 15 is 0 Å². The van der Waals surface area contributed by atoms with Crippen molar-refractivity contribution in [3.63, 3.8) is 0 Å². The first-order valence-electron chi connectivity index (χ1n) is 8.18. The van der Waals surface area contributed by atoms with Crippen LogP contribution in [0.25, 0.3) is 0 Å². The van der Waals surface area contributed by atoms with Crippen LogP contribution in [0.3, 0.4) is 0 Å². The van der Waals surface area contributed by atoms with E-state index in [1.165, 1.54) is 18.2 Å². The van der Waals surface area contributed by atoms with E-state index in [2.05, 4.69) is 26.1 Å². The fourth-order valence-corrected chi connectivity index (χ4v) is 2.54. The van der Waals surface area contributed by atoms with Crippen molar-refractivity contribution in [3.8, 4) is 0 Å². The van der Waals surface area contributed by atoms with Crippen molar-refractivity contribution >= 4 is 46.2 Å². The van der Waals surface area contributed by atoms with Crippen LogP contribution in [0.1, 0.15) is 10.4 Å². The van der Waals surface area contributed by atoms with Gasteiger partial charge in [-0.3, -0.25) is 35.9 Å². The van der Waals surface area contributed by atoms with Crippen LogP contribution in [0.2, 0.25) is 5.02 Å². The van der Waals surface area contributed by atoms with Gasteiger partial charge >= 0.3 is 5.69 Å². The zero-order chi connectivity index (χ0) is 21.7. The zero-order valence-corrected chi connectivity index (χ0v) is 15.7. The molecule has 0 saturated carbocycles. The Hall–Kier alpha value is -4.32. The molecule has 0 saturated heterocycles. The van der Waals surface area contributed by atoms with Gasteiger partial charge in [-0.15, -0.1) is 0 Å². The standard InChI is InChI=1S/C17H12ClN7O5/c18-10-5-7-11(8-6-10)21-15-14(25(29)30)16(20-9-19-15)22-23-17(26)12-3-1-2-4-13(12)24(27)28/h1-9H,(H,23,26)(H2,19,20,21,22). The van der Waals surface area contributed by atoms with E-state index in [0.29, 0.717) is 10.7 Å². The van der Waals surface area contributed by atoms with Crippen LogP contribution in [-0.2, 0) is 0 Å². The molecule has 0 spiro atoms. The topological polar surface area (TPSA) is 165 Å². The number of rotatable bonds is 7. The number of nitrogens with one attached hydrogen (secondary N) is 3. The minimum atomic E-state index is -0.873. The number of carbonyl (C=O) groups is 1. The maximum absolute atomic E-state index is 12.3. The highest BCUT2D eigenvalue weighted by Gasteiger charge is 2.25. The summed E-state index contributed by atoms with van der Waals surface area (Å²) in [5, 5.41) is 25.9. The number of hydrogen-bond donors (Lipinski definition) is 3. The molecule has 3 N–H and O–H groups in total. The molecule has 0 radical (unpaired) electrons. The number of aromatic nitrogens is 2. The first-order valence-corrected chi connectivity index (χ1v) is 8.56. The quantitative estimate of drug-likeness (QED) is 0.376. The van der Waals surface area contributed by atoms with Crippen LogP contribution in [-0.4, -0.2) is 25.7 Å². The first-order chi connectivity index (χ1) is 14.4. The van der Waals surface area contributed by atoms with Crippen LogP contribution in [0, 0.1) is 20.2 Å². The number of nitrogens with zero attached hydrogens (tertiary/aromatic N) is 4. The number of nitro benzene ring substituents is 1. The second-order valence-corrected chi connectivity index (χ2v) is 6.10. The number of carbonyl (C=O) groups excluding carboxylic acids is 1. The Kier molecular flexibility index (Phi) is 5.98. The van der Waals surface area contributed by atoms with Gasteiger partial charge in [-0.25, -0.2) is 9.97 Å². The van der Waals surface area contributed by atoms with Crippen molar-refractivity contribution in [2.75, 3.05) is 10.7 Å². The Morgan fingerprint density at radius 1 is 0.933 bits per heavy atom. The number of anilines is 3. The maximum Gasteiger partial charge on any atom is 0.355 e. The van der Waals surface area contributed by atoms with Gasteiger partial charge in [-0.2, -0.15) is 0 Å². The third-order valence-electron chi connectivity index (χ3n) is 3.75. The highest BCUT2D eigenvalue weighted by atomic mass is 35.5. The van der Waals surface area contributed by atoms with Crippen LogP contribution in [0.4, 0.5) is 28.7 Å². The van der Waals surface area contributed by atoms with Crippen molar-refractivity contribution in [3.05, 3.63) is 85.7 Å². The summed E-state index contributed by atoms with van der Waals surface area (Å²) >= 11 is 5.82. The Labute approximate surface area is 173 Å². The molecule has 0 bridgehead atoms. The molecule has 0 aliphatic carbocycles. The van der Waals surface area contributed by atoms with E-state index in [1.807, 2.05) is 0 Å². The van der Waals surface area contributed by atoms with Gasteiger partial charge in [0.25, 0.3) is 11.6 Å². The molecule has 152 valence electrons. The molecular weight excluding hydrogens is 418 g/mol. The SMILES string of the molecule is O=C(NNc1ncnc(Nc2ccc(Cl)cc2)c1[N+](=O)[O-])c1ccccc1[N+](=O)[O-]. The van der Waals surface area contributed by atoms with E-state index in [9.17, 15) is 25.0 Å². The van der Waals surface area contributed by atoms with E-state index in [4.69, 9.17) is 11.6 Å². The summed E-state index contributed by atoms with van der Waals surface area (Å²) in [7, 11) is 0. The Balaban J connectivity index is 1.84. The summed E-state index contributed by atoms with van der Waals surface area (Å²) in [6.45, 7) is 0. The predicted octanol–water partition coefficient (Wildman–Crippen LogP) is 3.45. The average molecular weight is 430 g/mol. The zero-order valence-electron chi connectivity index (χ0n) is 14.9. The molecule has 1 amide bonds. The van der Waals surface area contributed by atoms with E-state index in [0.717, 1.165) is 12.4 Å². The third kappa shape index (κ3) is 4.56. The number of nitro groups is 2. The minimum absolute atomic E-state index is 0.139. The fraction of sp³-hybridized carbons (Fsp3) is 0. The summed E-state index contributed by atoms with van der Waals surface area (Å²) in [4.78, 5) is 41.1. The lowest BCUT2D eigenvalue weighted by Crippen LogP contribution is -2.30. The van der Waals surface area contributed by atoms with Gasteiger partial charge in [0.05, 0.1) is 9.85 Å². The molecule has 3 rings (SSSR count). The molecule has 0 aliphatic rings. The molecule has 13 heteroatoms. The van der Waals surface area contributed by atoms with Gasteiger partial charge in [0.1, 0.15) is 11.9 Å². The van der Waals surface area contributed by atoms with E-state index in [-0.39, 0.29) is 17.2 Å². The molecular formula is C17H12ClN7O5. The molecule has 3 aromatic rings. The maximum atomic E-state index is 12.3. The highest BCUT2D eigenvalue weighted by Crippen LogP contribution is 2.31. The number of halogens is 1. The van der Waals surface area contributed by atoms with Crippen molar-refractivity contribution in [1.82, 2.24) is 15.4 Å². The molecule has 1 heterocycles. The van der Waals surface area contributed by atoms with Crippen LogP contribution < -0.4 is 16.2 Å². The highest BCUT2D eigenvalue weighted by molar-refractivity contribution is 6.30. The lowest BCUT2D eigenvalue weighted by molar-refractivity contribution is -0.385. The lowest BCUT2D eigenvalue weighted by Gasteiger charge is -2.11. The molecule has 0 unspecified atom stereocenters. The normalized spacial score (nSPS) is 10.2. The van der Waals surface area contributed by atoms with Gasteiger partial charge in [0, 0.05) is 16.8 Å². The number of benzene rings is 2. The average Bonchev–Trinajstić information content (AvgIpc) is 2.73. The van der Waals surface area contributed by atoms with Gasteiger partial charge in [-0.05, 0) is 30.3 Å². The molecule has 1 aromatic heterocycles. The van der Waals surface area contributed by atoms with Gasteiger partial charge < -0.3 is 5.32 Å². The Morgan fingerprint density at radius 3 is 2.27 bits per heavy atom. The van der Waals surface area contributed by atoms with E-state index in [1.54, 1.807) is 24.3 Å². The van der Waals surface area contributed by atoms with Crippen LogP contribution in [0.5, 0.6) is 0 Å². The third-order valence-corrected chi connectivity index (χ3v) is 4.00. The fourth-order valence-electron chi connectivity index (χ4n) is 2.41. The number of hydrogen-bond acceptors (Lipinski definition) is 9. The summed E-state index contributed by atoms with van der Waals surface area (Å²) in [6.07, 6.45) is 1.05. The molecule has 12 nitrogen and oxygen atoms in total. The summed E-state index contributed by atoms with van der Waals surface area (Å²) in [5.41, 5.74) is 3.78. The van der Waals surface area contributed by atoms with Gasteiger partial charge in [-0.1, -0.05) is 23.7 Å². The summed E-state index contributed by atoms with van der Waals surface area (Å²) in [6, 6.07) is 11.6. The van der Waals surface area contributed by atoms with Crippen molar-refractivity contribution in [2.45, 2.75) is 0 Å². The van der Waals surface area contributed by atoms with Crippen molar-refractivity contribution < 1.29 is 14.6 Å². The van der Waals surface area contributed by atoms with Gasteiger partial charge in [0.15, 0.2) is 0 Å². The largest absolute Gasteiger partial charge is 0.355 e. The molecule has 0 fully saturated rings. The minimum Gasteiger partial charge on any atom is -0.334 e.